The van der Waals surface area contributed by atoms with Gasteiger partial charge in [-0.05, 0) is 48.6 Å². The van der Waals surface area contributed by atoms with E-state index in [2.05, 4.69) is 37.6 Å². The second-order valence-corrected chi connectivity index (χ2v) is 7.71. The molecular formula is C16H25N3. The van der Waals surface area contributed by atoms with Gasteiger partial charge in [-0.15, -0.1) is 0 Å². The molecule has 1 aromatic rings. The summed E-state index contributed by atoms with van der Waals surface area (Å²) in [4.78, 5) is 7.03. The van der Waals surface area contributed by atoms with Crippen LogP contribution in [0, 0.1) is 17.8 Å². The second-order valence-electron chi connectivity index (χ2n) is 7.71. The Balaban J connectivity index is 1.98. The number of nitrogen functional groups attached to an aromatic ring is 1. The lowest BCUT2D eigenvalue weighted by molar-refractivity contribution is 0.136. The zero-order chi connectivity index (χ0) is 13.8. The van der Waals surface area contributed by atoms with E-state index in [-0.39, 0.29) is 0 Å². The Bertz CT molecular complexity index is 509. The maximum atomic E-state index is 6.25. The van der Waals surface area contributed by atoms with Gasteiger partial charge in [0.25, 0.3) is 0 Å². The average Bonchev–Trinajstić information content (AvgIpc) is 2.52. The molecule has 3 rings (SSSR count). The van der Waals surface area contributed by atoms with Crippen LogP contribution in [0.2, 0.25) is 0 Å². The maximum absolute atomic E-state index is 6.25. The summed E-state index contributed by atoms with van der Waals surface area (Å²) in [5.41, 5.74) is 9.10. The molecule has 2 bridgehead atoms. The van der Waals surface area contributed by atoms with Crippen LogP contribution in [0.4, 0.5) is 11.5 Å². The number of pyridine rings is 1. The first-order valence-electron chi connectivity index (χ1n) is 7.27. The monoisotopic (exact) mass is 259 g/mol. The highest BCUT2D eigenvalue weighted by molar-refractivity contribution is 5.67. The van der Waals surface area contributed by atoms with Crippen molar-refractivity contribution in [1.29, 1.82) is 0 Å². The van der Waals surface area contributed by atoms with Crippen LogP contribution in [0.5, 0.6) is 0 Å². The molecule has 3 nitrogen and oxygen atoms in total. The van der Waals surface area contributed by atoms with Crippen LogP contribution in [0.15, 0.2) is 12.3 Å². The molecule has 0 amide bonds. The molecule has 2 aliphatic rings. The molecule has 1 aliphatic heterocycles. The molecule has 1 aliphatic carbocycles. The Morgan fingerprint density at radius 2 is 2.05 bits per heavy atom. The molecule has 2 unspecified atom stereocenters. The maximum Gasteiger partial charge on any atom is 0.152 e. The number of rotatable bonds is 1. The molecule has 1 saturated carbocycles. The van der Waals surface area contributed by atoms with Gasteiger partial charge in [-0.1, -0.05) is 20.8 Å². The molecule has 2 fully saturated rings. The van der Waals surface area contributed by atoms with Crippen molar-refractivity contribution in [2.45, 2.75) is 53.0 Å². The lowest BCUT2D eigenvalue weighted by Crippen LogP contribution is -2.35. The molecule has 3 heteroatoms. The first-order valence-corrected chi connectivity index (χ1v) is 7.27. The smallest absolute Gasteiger partial charge is 0.152 e. The van der Waals surface area contributed by atoms with E-state index in [0.717, 1.165) is 23.6 Å². The van der Waals surface area contributed by atoms with Gasteiger partial charge in [0.05, 0.1) is 5.69 Å². The van der Waals surface area contributed by atoms with Crippen molar-refractivity contribution in [2.75, 3.05) is 17.2 Å². The number of hydrogen-bond acceptors (Lipinski definition) is 3. The third-order valence-electron chi connectivity index (χ3n) is 4.87. The highest BCUT2D eigenvalue weighted by atomic mass is 15.3. The highest BCUT2D eigenvalue weighted by Gasteiger charge is 2.50. The summed E-state index contributed by atoms with van der Waals surface area (Å²) in [5, 5.41) is 0. The predicted octanol–water partition coefficient (Wildman–Crippen LogP) is 3.38. The quantitative estimate of drug-likeness (QED) is 0.840. The summed E-state index contributed by atoms with van der Waals surface area (Å²) >= 11 is 0. The van der Waals surface area contributed by atoms with Crippen molar-refractivity contribution in [3.63, 3.8) is 0 Å². The van der Waals surface area contributed by atoms with Gasteiger partial charge in [-0.25, -0.2) is 4.98 Å². The summed E-state index contributed by atoms with van der Waals surface area (Å²) in [5.74, 6) is 1.01. The molecule has 0 spiro atoms. The Kier molecular flexibility index (Phi) is 2.60. The van der Waals surface area contributed by atoms with Crippen LogP contribution >= 0.6 is 0 Å². The summed E-state index contributed by atoms with van der Waals surface area (Å²) < 4.78 is 0. The Morgan fingerprint density at radius 3 is 2.79 bits per heavy atom. The van der Waals surface area contributed by atoms with Gasteiger partial charge in [-0.3, -0.25) is 0 Å². The Labute approximate surface area is 116 Å². The number of nitrogens with zero attached hydrogens (tertiary/aromatic N) is 2. The van der Waals surface area contributed by atoms with E-state index in [1.165, 1.54) is 19.3 Å². The summed E-state index contributed by atoms with van der Waals surface area (Å²) in [6, 6.07) is 2.59. The van der Waals surface area contributed by atoms with Gasteiger partial charge < -0.3 is 10.6 Å². The molecule has 19 heavy (non-hydrogen) atoms. The number of hydrogen-bond donors (Lipinski definition) is 1. The number of nitrogens with two attached hydrogens (primary N) is 1. The third kappa shape index (κ3) is 2.09. The third-order valence-corrected chi connectivity index (χ3v) is 4.87. The van der Waals surface area contributed by atoms with Gasteiger partial charge >= 0.3 is 0 Å². The van der Waals surface area contributed by atoms with E-state index in [9.17, 15) is 0 Å². The largest absolute Gasteiger partial charge is 0.396 e. The van der Waals surface area contributed by atoms with Crippen LogP contribution in [0.3, 0.4) is 0 Å². The van der Waals surface area contributed by atoms with E-state index in [1.807, 2.05) is 12.3 Å². The van der Waals surface area contributed by atoms with Crippen LogP contribution in [0.1, 0.15) is 45.6 Å². The number of fused-ring (bicyclic) bond motifs is 2. The fourth-order valence-corrected chi connectivity index (χ4v) is 4.49. The summed E-state index contributed by atoms with van der Waals surface area (Å²) in [7, 11) is 0. The van der Waals surface area contributed by atoms with Gasteiger partial charge in [-0.2, -0.15) is 0 Å². The normalized spacial score (nSPS) is 32.6. The lowest BCUT2D eigenvalue weighted by atomic mass is 9.65. The standard InChI is InChI=1S/C16H25N3/c1-11-5-6-18-14(13(11)17)19-10-16(4)8-12(19)7-15(2,3)9-16/h5-6,12H,7-10,17H2,1-4H3. The second kappa shape index (κ2) is 3.87. The molecule has 104 valence electrons. The molecule has 0 aromatic carbocycles. The zero-order valence-corrected chi connectivity index (χ0v) is 12.5. The first kappa shape index (κ1) is 12.8. The minimum atomic E-state index is 0.421. The van der Waals surface area contributed by atoms with Crippen molar-refractivity contribution in [3.05, 3.63) is 17.8 Å². The van der Waals surface area contributed by atoms with Crippen molar-refractivity contribution in [1.82, 2.24) is 4.98 Å². The van der Waals surface area contributed by atoms with E-state index in [1.54, 1.807) is 0 Å². The van der Waals surface area contributed by atoms with Crippen molar-refractivity contribution in [2.24, 2.45) is 10.8 Å². The van der Waals surface area contributed by atoms with E-state index < -0.39 is 0 Å². The van der Waals surface area contributed by atoms with Crippen molar-refractivity contribution >= 4 is 11.5 Å². The van der Waals surface area contributed by atoms with Gasteiger partial charge in [0.15, 0.2) is 5.82 Å². The van der Waals surface area contributed by atoms with E-state index in [4.69, 9.17) is 5.73 Å². The minimum Gasteiger partial charge on any atom is -0.396 e. The lowest BCUT2D eigenvalue weighted by Gasteiger charge is -2.39. The Hall–Kier alpha value is -1.25. The highest BCUT2D eigenvalue weighted by Crippen LogP contribution is 2.53. The first-order chi connectivity index (χ1) is 8.80. The minimum absolute atomic E-state index is 0.421. The number of aryl methyl sites for hydroxylation is 1. The fourth-order valence-electron chi connectivity index (χ4n) is 4.49. The SMILES string of the molecule is Cc1ccnc(N2CC3(C)CC2CC(C)(C)C3)c1N. The van der Waals surface area contributed by atoms with Crippen LogP contribution < -0.4 is 10.6 Å². The Morgan fingerprint density at radius 1 is 1.32 bits per heavy atom. The van der Waals surface area contributed by atoms with Crippen LogP contribution in [0.25, 0.3) is 0 Å². The van der Waals surface area contributed by atoms with E-state index in [0.29, 0.717) is 16.9 Å². The summed E-state index contributed by atoms with van der Waals surface area (Å²) in [6.07, 6.45) is 5.72. The van der Waals surface area contributed by atoms with E-state index >= 15 is 0 Å². The van der Waals surface area contributed by atoms with Crippen LogP contribution in [-0.2, 0) is 0 Å². The van der Waals surface area contributed by atoms with Gasteiger partial charge in [0.2, 0.25) is 0 Å². The molecule has 2 atom stereocenters. The molecule has 1 saturated heterocycles. The zero-order valence-electron chi connectivity index (χ0n) is 12.5. The van der Waals surface area contributed by atoms with Gasteiger partial charge in [0, 0.05) is 18.8 Å². The van der Waals surface area contributed by atoms with Crippen molar-refractivity contribution in [3.8, 4) is 0 Å². The number of aromatic nitrogens is 1. The summed E-state index contributed by atoms with van der Waals surface area (Å²) in [6.45, 7) is 10.4. The van der Waals surface area contributed by atoms with Crippen LogP contribution in [-0.4, -0.2) is 17.6 Å². The predicted molar refractivity (Wildman–Crippen MR) is 80.3 cm³/mol. The topological polar surface area (TPSA) is 42.2 Å². The molecule has 2 N–H and O–H groups in total. The molecule has 0 radical (unpaired) electrons. The number of anilines is 2. The fraction of sp³-hybridized carbons (Fsp3) is 0.688. The average molecular weight is 259 g/mol. The van der Waals surface area contributed by atoms with Crippen molar-refractivity contribution < 1.29 is 0 Å². The van der Waals surface area contributed by atoms with Gasteiger partial charge in [0.1, 0.15) is 0 Å². The molecular weight excluding hydrogens is 234 g/mol. The molecule has 1 aromatic heterocycles. The molecule has 2 heterocycles.